The van der Waals surface area contributed by atoms with Crippen LogP contribution in [0.2, 0.25) is 0 Å². The molecule has 0 saturated carbocycles. The second kappa shape index (κ2) is 11.0. The molecule has 0 aliphatic carbocycles. The molecule has 2 amide bonds. The van der Waals surface area contributed by atoms with E-state index in [1.165, 1.54) is 12.8 Å². The van der Waals surface area contributed by atoms with Crippen molar-refractivity contribution in [1.29, 1.82) is 0 Å². The molecule has 22 heavy (non-hydrogen) atoms. The summed E-state index contributed by atoms with van der Waals surface area (Å²) in [5.41, 5.74) is 5.09. The van der Waals surface area contributed by atoms with Gasteiger partial charge in [0.1, 0.15) is 0 Å². The fourth-order valence-electron chi connectivity index (χ4n) is 2.48. The van der Waals surface area contributed by atoms with Crippen LogP contribution in [0.4, 0.5) is 0 Å². The van der Waals surface area contributed by atoms with Crippen molar-refractivity contribution in [2.45, 2.75) is 39.2 Å². The van der Waals surface area contributed by atoms with Crippen molar-refractivity contribution in [2.75, 3.05) is 32.7 Å². The lowest BCUT2D eigenvalue weighted by Gasteiger charge is -2.43. The molecule has 132 valence electrons. The minimum atomic E-state index is -0.315. The average molecular weight is 357 g/mol. The third-order valence-electron chi connectivity index (χ3n) is 3.86. The Bertz CT molecular complexity index is 354. The third kappa shape index (κ3) is 8.17. The van der Waals surface area contributed by atoms with E-state index in [4.69, 9.17) is 5.73 Å². The smallest absolute Gasteiger partial charge is 0.239 e. The van der Waals surface area contributed by atoms with Crippen molar-refractivity contribution in [3.63, 3.8) is 0 Å². The molecule has 1 saturated heterocycles. The molecule has 1 aliphatic rings. The largest absolute Gasteiger partial charge is 0.353 e. The van der Waals surface area contributed by atoms with Gasteiger partial charge in [0.25, 0.3) is 0 Å². The number of rotatable bonds is 6. The van der Waals surface area contributed by atoms with Crippen LogP contribution in [-0.2, 0) is 9.59 Å². The summed E-state index contributed by atoms with van der Waals surface area (Å²) in [5.74, 6) is 0.219. The highest BCUT2D eigenvalue weighted by molar-refractivity contribution is 5.86. The quantitative estimate of drug-likeness (QED) is 0.647. The van der Waals surface area contributed by atoms with Crippen LogP contribution < -0.4 is 16.4 Å². The van der Waals surface area contributed by atoms with E-state index in [-0.39, 0.29) is 55.3 Å². The summed E-state index contributed by atoms with van der Waals surface area (Å²) in [6.45, 7) is 9.19. The van der Waals surface area contributed by atoms with E-state index in [9.17, 15) is 9.59 Å². The monoisotopic (exact) mass is 356 g/mol. The highest BCUT2D eigenvalue weighted by Gasteiger charge is 2.30. The van der Waals surface area contributed by atoms with Gasteiger partial charge in [0.05, 0.1) is 13.1 Å². The third-order valence-corrected chi connectivity index (χ3v) is 3.86. The van der Waals surface area contributed by atoms with Crippen molar-refractivity contribution >= 4 is 36.6 Å². The number of carbonyl (C=O) groups excluding carboxylic acids is 2. The second-order valence-electron chi connectivity index (χ2n) is 6.26. The van der Waals surface area contributed by atoms with E-state index < -0.39 is 0 Å². The van der Waals surface area contributed by atoms with E-state index in [2.05, 4.69) is 36.3 Å². The van der Waals surface area contributed by atoms with Gasteiger partial charge < -0.3 is 16.4 Å². The Morgan fingerprint density at radius 2 is 1.86 bits per heavy atom. The number of carbonyl (C=O) groups is 2. The summed E-state index contributed by atoms with van der Waals surface area (Å²) in [5, 5.41) is 5.34. The Balaban J connectivity index is 0. The fourth-order valence-corrected chi connectivity index (χ4v) is 2.48. The minimum Gasteiger partial charge on any atom is -0.353 e. The van der Waals surface area contributed by atoms with Gasteiger partial charge in [-0.25, -0.2) is 0 Å². The predicted molar refractivity (Wildman–Crippen MR) is 93.6 cm³/mol. The lowest BCUT2D eigenvalue weighted by atomic mass is 9.93. The highest BCUT2D eigenvalue weighted by atomic mass is 35.5. The van der Waals surface area contributed by atoms with E-state index in [0.717, 1.165) is 13.1 Å². The molecular formula is C14H30Cl2N4O2. The van der Waals surface area contributed by atoms with Crippen LogP contribution in [0.1, 0.15) is 33.6 Å². The molecule has 0 aromatic heterocycles. The molecule has 0 bridgehead atoms. The van der Waals surface area contributed by atoms with Crippen molar-refractivity contribution < 1.29 is 9.59 Å². The van der Waals surface area contributed by atoms with E-state index in [0.29, 0.717) is 12.5 Å². The maximum absolute atomic E-state index is 11.7. The maximum atomic E-state index is 11.7. The number of halogens is 2. The molecule has 1 rings (SSSR count). The number of hydrogen-bond donors (Lipinski definition) is 3. The van der Waals surface area contributed by atoms with Crippen LogP contribution in [0.25, 0.3) is 0 Å². The molecule has 4 N–H and O–H groups in total. The van der Waals surface area contributed by atoms with Crippen LogP contribution in [-0.4, -0.2) is 55.0 Å². The number of hydrogen-bond acceptors (Lipinski definition) is 4. The van der Waals surface area contributed by atoms with E-state index >= 15 is 0 Å². The lowest BCUT2D eigenvalue weighted by molar-refractivity contribution is -0.125. The van der Waals surface area contributed by atoms with Gasteiger partial charge in [-0.3, -0.25) is 14.5 Å². The SMILES string of the molecule is CC1CCCN(C(C)(C)CNC(=O)CNC(=O)CN)C1.Cl.Cl. The zero-order valence-corrected chi connectivity index (χ0v) is 15.3. The molecule has 1 fully saturated rings. The number of nitrogens with two attached hydrogens (primary N) is 1. The molecular weight excluding hydrogens is 327 g/mol. The summed E-state index contributed by atoms with van der Waals surface area (Å²) in [6, 6.07) is 0. The first-order valence-corrected chi connectivity index (χ1v) is 7.33. The Labute approximate surface area is 145 Å². The normalized spacial score (nSPS) is 18.6. The molecule has 0 spiro atoms. The van der Waals surface area contributed by atoms with Crippen molar-refractivity contribution in [3.05, 3.63) is 0 Å². The molecule has 1 aliphatic heterocycles. The second-order valence-corrected chi connectivity index (χ2v) is 6.26. The molecule has 0 aromatic rings. The van der Waals surface area contributed by atoms with Crippen molar-refractivity contribution in [1.82, 2.24) is 15.5 Å². The minimum absolute atomic E-state index is 0. The van der Waals surface area contributed by atoms with Crippen LogP contribution in [0.3, 0.4) is 0 Å². The van der Waals surface area contributed by atoms with E-state index in [1.54, 1.807) is 0 Å². The van der Waals surface area contributed by atoms with Gasteiger partial charge in [0.2, 0.25) is 11.8 Å². The van der Waals surface area contributed by atoms with Crippen LogP contribution >= 0.6 is 24.8 Å². The molecule has 1 heterocycles. The average Bonchev–Trinajstić information content (AvgIpc) is 2.42. The first-order chi connectivity index (χ1) is 9.35. The number of nitrogens with zero attached hydrogens (tertiary/aromatic N) is 1. The molecule has 8 heteroatoms. The first-order valence-electron chi connectivity index (χ1n) is 7.33. The van der Waals surface area contributed by atoms with Crippen LogP contribution in [0.5, 0.6) is 0 Å². The topological polar surface area (TPSA) is 87.5 Å². The number of amides is 2. The number of likely N-dealkylation sites (tertiary alicyclic amines) is 1. The molecule has 0 aromatic carbocycles. The van der Waals surface area contributed by atoms with E-state index in [1.807, 2.05) is 0 Å². The van der Waals surface area contributed by atoms with Crippen molar-refractivity contribution in [3.8, 4) is 0 Å². The molecule has 1 unspecified atom stereocenters. The fraction of sp³-hybridized carbons (Fsp3) is 0.857. The summed E-state index contributed by atoms with van der Waals surface area (Å²) < 4.78 is 0. The Morgan fingerprint density at radius 1 is 1.23 bits per heavy atom. The zero-order chi connectivity index (χ0) is 15.2. The van der Waals surface area contributed by atoms with Gasteiger partial charge in [0, 0.05) is 18.6 Å². The van der Waals surface area contributed by atoms with Gasteiger partial charge in [-0.15, -0.1) is 24.8 Å². The molecule has 1 atom stereocenters. The van der Waals surface area contributed by atoms with Crippen LogP contribution in [0, 0.1) is 5.92 Å². The standard InChI is InChI=1S/C14H28N4O2.2ClH/c1-11-5-4-6-18(9-11)14(2,3)10-17-13(20)8-16-12(19)7-15;;/h11H,4-10,15H2,1-3H3,(H,16,19)(H,17,20);2*1H. The summed E-state index contributed by atoms with van der Waals surface area (Å²) in [7, 11) is 0. The summed E-state index contributed by atoms with van der Waals surface area (Å²) >= 11 is 0. The number of nitrogens with one attached hydrogen (secondary N) is 2. The molecule has 0 radical (unpaired) electrons. The van der Waals surface area contributed by atoms with Gasteiger partial charge in [-0.05, 0) is 39.2 Å². The maximum Gasteiger partial charge on any atom is 0.239 e. The van der Waals surface area contributed by atoms with Crippen molar-refractivity contribution in [2.24, 2.45) is 11.7 Å². The summed E-state index contributed by atoms with van der Waals surface area (Å²) in [4.78, 5) is 25.1. The Hall–Kier alpha value is -0.560. The first kappa shape index (κ1) is 23.7. The van der Waals surface area contributed by atoms with Gasteiger partial charge in [0.15, 0.2) is 0 Å². The van der Waals surface area contributed by atoms with Crippen LogP contribution in [0.15, 0.2) is 0 Å². The molecule has 6 nitrogen and oxygen atoms in total. The lowest BCUT2D eigenvalue weighted by Crippen LogP contribution is -2.55. The number of piperidine rings is 1. The highest BCUT2D eigenvalue weighted by Crippen LogP contribution is 2.23. The Morgan fingerprint density at radius 3 is 2.41 bits per heavy atom. The van der Waals surface area contributed by atoms with Gasteiger partial charge in [-0.1, -0.05) is 6.92 Å². The predicted octanol–water partition coefficient (Wildman–Crippen LogP) is 0.532. The zero-order valence-electron chi connectivity index (χ0n) is 13.7. The van der Waals surface area contributed by atoms with Gasteiger partial charge >= 0.3 is 0 Å². The summed E-state index contributed by atoms with van der Waals surface area (Å²) in [6.07, 6.45) is 2.50. The Kier molecular flexibility index (Phi) is 11.9. The van der Waals surface area contributed by atoms with Gasteiger partial charge in [-0.2, -0.15) is 0 Å².